The number of aliphatic hydroxyl groups is 1. The Morgan fingerprint density at radius 3 is 3.00 bits per heavy atom. The predicted molar refractivity (Wildman–Crippen MR) is 67.8 cm³/mol. The first-order valence-corrected chi connectivity index (χ1v) is 5.96. The summed E-state index contributed by atoms with van der Waals surface area (Å²) in [7, 11) is 0. The zero-order chi connectivity index (χ0) is 13.4. The number of imidazole rings is 1. The number of hydrazine groups is 1. The van der Waals surface area contributed by atoms with E-state index in [1.54, 1.807) is 10.9 Å². The number of hydrogen-bond acceptors (Lipinski definition) is 8. The van der Waals surface area contributed by atoms with Gasteiger partial charge in [-0.2, -0.15) is 9.97 Å². The molecule has 9 heteroatoms. The van der Waals surface area contributed by atoms with Crippen molar-refractivity contribution in [3.8, 4) is 0 Å². The molecule has 9 nitrogen and oxygen atoms in total. The molecule has 2 aromatic heterocycles. The van der Waals surface area contributed by atoms with Gasteiger partial charge < -0.3 is 15.6 Å². The topological polar surface area (TPSA) is 137 Å². The summed E-state index contributed by atoms with van der Waals surface area (Å²) in [6.45, 7) is 0.00978. The van der Waals surface area contributed by atoms with E-state index in [1.165, 1.54) is 0 Å². The molecule has 0 saturated carbocycles. The fourth-order valence-electron chi connectivity index (χ4n) is 2.24. The van der Waals surface area contributed by atoms with E-state index < -0.39 is 0 Å². The molecule has 0 aromatic carbocycles. The number of nitrogen functional groups attached to an aromatic ring is 2. The van der Waals surface area contributed by atoms with Gasteiger partial charge in [0.15, 0.2) is 11.5 Å². The molecule has 102 valence electrons. The molecule has 2 aromatic rings. The second-order valence-electron chi connectivity index (χ2n) is 4.37. The van der Waals surface area contributed by atoms with Crippen LogP contribution in [0.5, 0.6) is 0 Å². The van der Waals surface area contributed by atoms with Crippen LogP contribution in [-0.4, -0.2) is 37.3 Å². The number of aliphatic hydroxyl groups excluding tert-OH is 1. The minimum atomic E-state index is -0.206. The fourth-order valence-corrected chi connectivity index (χ4v) is 2.24. The molecule has 19 heavy (non-hydrogen) atoms. The van der Waals surface area contributed by atoms with Crippen LogP contribution in [0.15, 0.2) is 6.33 Å². The lowest BCUT2D eigenvalue weighted by atomic mass is 10.2. The Balaban J connectivity index is 2.02. The number of anilines is 2. The average molecular weight is 265 g/mol. The summed E-state index contributed by atoms with van der Waals surface area (Å²) in [6, 6.07) is 0. The van der Waals surface area contributed by atoms with Crippen LogP contribution in [0.1, 0.15) is 19.1 Å². The number of nitrogens with zero attached hydrogens (tertiary/aromatic N) is 4. The van der Waals surface area contributed by atoms with Gasteiger partial charge in [-0.1, -0.05) is 0 Å². The molecule has 3 heterocycles. The van der Waals surface area contributed by atoms with Crippen molar-refractivity contribution < 1.29 is 9.84 Å². The Morgan fingerprint density at radius 1 is 1.47 bits per heavy atom. The van der Waals surface area contributed by atoms with Crippen molar-refractivity contribution in [2.24, 2.45) is 5.84 Å². The van der Waals surface area contributed by atoms with Crippen LogP contribution < -0.4 is 17.0 Å². The van der Waals surface area contributed by atoms with E-state index in [9.17, 15) is 0 Å². The summed E-state index contributed by atoms with van der Waals surface area (Å²) in [5.41, 5.74) is 9.23. The first-order chi connectivity index (χ1) is 9.22. The zero-order valence-corrected chi connectivity index (χ0v) is 10.2. The van der Waals surface area contributed by atoms with Crippen LogP contribution in [0.4, 0.5) is 11.8 Å². The van der Waals surface area contributed by atoms with Gasteiger partial charge in [0.25, 0.3) is 0 Å². The van der Waals surface area contributed by atoms with Crippen LogP contribution in [0.25, 0.3) is 11.2 Å². The SMILES string of the molecule is NNc1nc(N)c2ncn([C@H]3CC[C@@H](CO)O3)c2n1. The third-order valence-electron chi connectivity index (χ3n) is 3.18. The molecule has 1 aliphatic rings. The van der Waals surface area contributed by atoms with Crippen molar-refractivity contribution in [2.45, 2.75) is 25.2 Å². The second kappa shape index (κ2) is 4.61. The van der Waals surface area contributed by atoms with Crippen LogP contribution >= 0.6 is 0 Å². The zero-order valence-electron chi connectivity index (χ0n) is 10.2. The van der Waals surface area contributed by atoms with Gasteiger partial charge in [0.2, 0.25) is 5.95 Å². The molecule has 2 atom stereocenters. The van der Waals surface area contributed by atoms with Gasteiger partial charge in [-0.05, 0) is 12.8 Å². The van der Waals surface area contributed by atoms with Gasteiger partial charge in [-0.15, -0.1) is 0 Å². The van der Waals surface area contributed by atoms with E-state index in [0.717, 1.165) is 12.8 Å². The quantitative estimate of drug-likeness (QED) is 0.425. The molecule has 3 rings (SSSR count). The Bertz CT molecular complexity index is 599. The normalized spacial score (nSPS) is 23.1. The van der Waals surface area contributed by atoms with Gasteiger partial charge in [0.05, 0.1) is 19.0 Å². The molecule has 0 unspecified atom stereocenters. The van der Waals surface area contributed by atoms with Gasteiger partial charge in [0, 0.05) is 0 Å². The summed E-state index contributed by atoms with van der Waals surface area (Å²) >= 11 is 0. The maximum Gasteiger partial charge on any atom is 0.241 e. The van der Waals surface area contributed by atoms with Crippen LogP contribution in [0.2, 0.25) is 0 Å². The molecule has 1 fully saturated rings. The van der Waals surface area contributed by atoms with E-state index in [0.29, 0.717) is 11.2 Å². The Morgan fingerprint density at radius 2 is 2.32 bits per heavy atom. The summed E-state index contributed by atoms with van der Waals surface area (Å²) in [4.78, 5) is 12.4. The molecule has 0 bridgehead atoms. The van der Waals surface area contributed by atoms with E-state index in [2.05, 4.69) is 20.4 Å². The number of nitrogens with two attached hydrogens (primary N) is 2. The first-order valence-electron chi connectivity index (χ1n) is 5.96. The lowest BCUT2D eigenvalue weighted by Gasteiger charge is -2.14. The van der Waals surface area contributed by atoms with Gasteiger partial charge in [-0.3, -0.25) is 9.99 Å². The van der Waals surface area contributed by atoms with Crippen molar-refractivity contribution in [1.82, 2.24) is 19.5 Å². The van der Waals surface area contributed by atoms with E-state index in [-0.39, 0.29) is 30.7 Å². The molecular weight excluding hydrogens is 250 g/mol. The van der Waals surface area contributed by atoms with Crippen LogP contribution in [-0.2, 0) is 4.74 Å². The standard InChI is InChI=1S/C10H15N7O2/c11-8-7-9(15-10(14-8)16-12)17(4-13-7)6-2-1-5(3-18)19-6/h4-6,18H,1-3,12H2,(H3,11,14,15,16)/t5-,6+/m0/s1. The van der Waals surface area contributed by atoms with E-state index >= 15 is 0 Å². The highest BCUT2D eigenvalue weighted by atomic mass is 16.5. The maximum atomic E-state index is 9.10. The van der Waals surface area contributed by atoms with E-state index in [1.807, 2.05) is 0 Å². The van der Waals surface area contributed by atoms with Crippen LogP contribution in [0, 0.1) is 0 Å². The molecule has 0 spiro atoms. The number of ether oxygens (including phenoxy) is 1. The van der Waals surface area contributed by atoms with Crippen molar-refractivity contribution in [3.63, 3.8) is 0 Å². The minimum Gasteiger partial charge on any atom is -0.394 e. The highest BCUT2D eigenvalue weighted by Crippen LogP contribution is 2.31. The molecule has 1 aliphatic heterocycles. The summed E-state index contributed by atoms with van der Waals surface area (Å²) in [5, 5.41) is 9.10. The van der Waals surface area contributed by atoms with Crippen LogP contribution in [0.3, 0.4) is 0 Å². The Kier molecular flexibility index (Phi) is 2.93. The molecular formula is C10H15N7O2. The first kappa shape index (κ1) is 12.1. The van der Waals surface area contributed by atoms with Crippen molar-refractivity contribution in [2.75, 3.05) is 17.8 Å². The third-order valence-corrected chi connectivity index (χ3v) is 3.18. The molecule has 1 saturated heterocycles. The minimum absolute atomic E-state index is 0.00978. The smallest absolute Gasteiger partial charge is 0.241 e. The fraction of sp³-hybridized carbons (Fsp3) is 0.500. The van der Waals surface area contributed by atoms with Crippen molar-refractivity contribution >= 4 is 22.9 Å². The molecule has 0 radical (unpaired) electrons. The van der Waals surface area contributed by atoms with Gasteiger partial charge >= 0.3 is 0 Å². The van der Waals surface area contributed by atoms with Gasteiger partial charge in [-0.25, -0.2) is 10.8 Å². The largest absolute Gasteiger partial charge is 0.394 e. The second-order valence-corrected chi connectivity index (χ2v) is 4.37. The Labute approximate surface area is 108 Å². The number of nitrogens with one attached hydrogen (secondary N) is 1. The maximum absolute atomic E-state index is 9.10. The number of hydrogen-bond donors (Lipinski definition) is 4. The lowest BCUT2D eigenvalue weighted by Crippen LogP contribution is -2.15. The third kappa shape index (κ3) is 1.97. The number of fused-ring (bicyclic) bond motifs is 1. The molecule has 0 aliphatic carbocycles. The number of aromatic nitrogens is 4. The lowest BCUT2D eigenvalue weighted by molar-refractivity contribution is -0.0207. The predicted octanol–water partition coefficient (Wildman–Crippen LogP) is -0.636. The molecule has 0 amide bonds. The summed E-state index contributed by atoms with van der Waals surface area (Å²) in [5.74, 6) is 5.78. The highest BCUT2D eigenvalue weighted by Gasteiger charge is 2.27. The average Bonchev–Trinajstić information content (AvgIpc) is 3.04. The van der Waals surface area contributed by atoms with Gasteiger partial charge in [0.1, 0.15) is 11.7 Å². The monoisotopic (exact) mass is 265 g/mol. The Hall–Kier alpha value is -1.97. The van der Waals surface area contributed by atoms with Crippen molar-refractivity contribution in [3.05, 3.63) is 6.33 Å². The number of rotatable bonds is 3. The summed E-state index contributed by atoms with van der Waals surface area (Å²) < 4.78 is 7.48. The summed E-state index contributed by atoms with van der Waals surface area (Å²) in [6.07, 6.45) is 2.84. The highest BCUT2D eigenvalue weighted by molar-refractivity contribution is 5.82. The van der Waals surface area contributed by atoms with Crippen molar-refractivity contribution in [1.29, 1.82) is 0 Å². The molecule has 6 N–H and O–H groups in total. The van der Waals surface area contributed by atoms with E-state index in [4.69, 9.17) is 21.4 Å².